The van der Waals surface area contributed by atoms with Crippen molar-refractivity contribution in [1.29, 1.82) is 0 Å². The van der Waals surface area contributed by atoms with E-state index in [1.807, 2.05) is 11.8 Å². The number of carboxylic acid groups (broad SMARTS) is 1. The molecule has 1 fully saturated rings. The summed E-state index contributed by atoms with van der Waals surface area (Å²) < 4.78 is 0. The van der Waals surface area contributed by atoms with Gasteiger partial charge in [0.2, 0.25) is 0 Å². The molecule has 0 heterocycles. The van der Waals surface area contributed by atoms with Gasteiger partial charge in [-0.3, -0.25) is 4.79 Å². The van der Waals surface area contributed by atoms with Crippen LogP contribution in [-0.4, -0.2) is 22.1 Å². The van der Waals surface area contributed by atoms with Crippen molar-refractivity contribution in [2.24, 2.45) is 11.8 Å². The SMILES string of the molecule is CC(C)CSC1CCCCC1C(=O)O. The Labute approximate surface area is 90.5 Å². The quantitative estimate of drug-likeness (QED) is 0.785. The van der Waals surface area contributed by atoms with Gasteiger partial charge in [-0.2, -0.15) is 11.8 Å². The summed E-state index contributed by atoms with van der Waals surface area (Å²) in [5.74, 6) is 1.07. The van der Waals surface area contributed by atoms with E-state index in [0.29, 0.717) is 11.2 Å². The lowest BCUT2D eigenvalue weighted by Gasteiger charge is -2.28. The number of hydrogen-bond donors (Lipinski definition) is 1. The summed E-state index contributed by atoms with van der Waals surface area (Å²) in [6.45, 7) is 4.37. The number of rotatable bonds is 4. The van der Waals surface area contributed by atoms with E-state index < -0.39 is 5.97 Å². The molecule has 1 saturated carbocycles. The molecule has 82 valence electrons. The standard InChI is InChI=1S/C11H20O2S/c1-8(2)7-14-10-6-4-3-5-9(10)11(12)13/h8-10H,3-7H2,1-2H3,(H,12,13). The Morgan fingerprint density at radius 2 is 2.07 bits per heavy atom. The molecule has 1 aliphatic carbocycles. The number of carbonyl (C=O) groups is 1. The molecular weight excluding hydrogens is 196 g/mol. The fraction of sp³-hybridized carbons (Fsp3) is 0.909. The third-order valence-corrected chi connectivity index (χ3v) is 4.51. The van der Waals surface area contributed by atoms with Gasteiger partial charge in [-0.1, -0.05) is 26.7 Å². The van der Waals surface area contributed by atoms with Crippen LogP contribution in [0.1, 0.15) is 39.5 Å². The van der Waals surface area contributed by atoms with E-state index in [4.69, 9.17) is 5.11 Å². The van der Waals surface area contributed by atoms with Crippen LogP contribution in [0.5, 0.6) is 0 Å². The molecule has 0 aromatic rings. The van der Waals surface area contributed by atoms with Gasteiger partial charge in [-0.25, -0.2) is 0 Å². The number of aliphatic carboxylic acids is 1. The van der Waals surface area contributed by atoms with Gasteiger partial charge in [-0.05, 0) is 24.5 Å². The summed E-state index contributed by atoms with van der Waals surface area (Å²) in [5.41, 5.74) is 0. The largest absolute Gasteiger partial charge is 0.481 e. The summed E-state index contributed by atoms with van der Waals surface area (Å²) in [4.78, 5) is 11.0. The number of thioether (sulfide) groups is 1. The van der Waals surface area contributed by atoms with Crippen LogP contribution in [0.2, 0.25) is 0 Å². The highest BCUT2D eigenvalue weighted by atomic mass is 32.2. The van der Waals surface area contributed by atoms with Gasteiger partial charge in [0.05, 0.1) is 5.92 Å². The van der Waals surface area contributed by atoms with Gasteiger partial charge in [-0.15, -0.1) is 0 Å². The Balaban J connectivity index is 2.42. The third kappa shape index (κ3) is 3.52. The predicted octanol–water partition coefficient (Wildman–Crippen LogP) is 3.02. The first kappa shape index (κ1) is 11.9. The van der Waals surface area contributed by atoms with Crippen molar-refractivity contribution in [3.63, 3.8) is 0 Å². The molecule has 0 aromatic heterocycles. The molecule has 14 heavy (non-hydrogen) atoms. The first-order chi connectivity index (χ1) is 6.61. The van der Waals surface area contributed by atoms with Crippen molar-refractivity contribution in [3.8, 4) is 0 Å². The maximum absolute atomic E-state index is 11.0. The Morgan fingerprint density at radius 3 is 2.64 bits per heavy atom. The normalized spacial score (nSPS) is 27.9. The Morgan fingerprint density at radius 1 is 1.43 bits per heavy atom. The van der Waals surface area contributed by atoms with E-state index in [0.717, 1.165) is 25.0 Å². The van der Waals surface area contributed by atoms with Crippen LogP contribution < -0.4 is 0 Å². The molecule has 0 aromatic carbocycles. The summed E-state index contributed by atoms with van der Waals surface area (Å²) in [5, 5.41) is 9.43. The van der Waals surface area contributed by atoms with Crippen LogP contribution in [0.15, 0.2) is 0 Å². The zero-order valence-electron chi connectivity index (χ0n) is 9.03. The molecule has 1 N–H and O–H groups in total. The second-order valence-corrected chi connectivity index (χ2v) is 5.77. The van der Waals surface area contributed by atoms with E-state index in [1.54, 1.807) is 0 Å². The number of carboxylic acids is 1. The van der Waals surface area contributed by atoms with Crippen LogP contribution in [0.3, 0.4) is 0 Å². The highest BCUT2D eigenvalue weighted by Gasteiger charge is 2.30. The van der Waals surface area contributed by atoms with Gasteiger partial charge in [0.1, 0.15) is 0 Å². The Kier molecular flexibility index (Phi) is 4.79. The van der Waals surface area contributed by atoms with E-state index in [1.165, 1.54) is 6.42 Å². The van der Waals surface area contributed by atoms with Crippen molar-refractivity contribution in [1.82, 2.24) is 0 Å². The average molecular weight is 216 g/mol. The molecule has 0 saturated heterocycles. The second-order valence-electron chi connectivity index (χ2n) is 4.49. The monoisotopic (exact) mass is 216 g/mol. The first-order valence-corrected chi connectivity index (χ1v) is 6.50. The summed E-state index contributed by atoms with van der Waals surface area (Å²) in [6, 6.07) is 0. The second kappa shape index (κ2) is 5.64. The molecular formula is C11H20O2S. The van der Waals surface area contributed by atoms with Crippen molar-refractivity contribution >= 4 is 17.7 Å². The smallest absolute Gasteiger partial charge is 0.307 e. The predicted molar refractivity (Wildman–Crippen MR) is 60.7 cm³/mol. The minimum atomic E-state index is -0.592. The zero-order valence-corrected chi connectivity index (χ0v) is 9.85. The Hall–Kier alpha value is -0.180. The van der Waals surface area contributed by atoms with E-state index in [2.05, 4.69) is 13.8 Å². The van der Waals surface area contributed by atoms with Crippen LogP contribution >= 0.6 is 11.8 Å². The minimum absolute atomic E-state index is 0.0903. The summed E-state index contributed by atoms with van der Waals surface area (Å²) >= 11 is 1.86. The highest BCUT2D eigenvalue weighted by Crippen LogP contribution is 2.34. The molecule has 3 heteroatoms. The zero-order chi connectivity index (χ0) is 10.6. The maximum Gasteiger partial charge on any atom is 0.307 e. The maximum atomic E-state index is 11.0. The van der Waals surface area contributed by atoms with Gasteiger partial charge in [0.25, 0.3) is 0 Å². The van der Waals surface area contributed by atoms with Crippen molar-refractivity contribution < 1.29 is 9.90 Å². The fourth-order valence-electron chi connectivity index (χ4n) is 1.89. The molecule has 2 atom stereocenters. The highest BCUT2D eigenvalue weighted by molar-refractivity contribution is 7.99. The average Bonchev–Trinajstić information content (AvgIpc) is 2.15. The van der Waals surface area contributed by atoms with Crippen LogP contribution in [-0.2, 0) is 4.79 Å². The minimum Gasteiger partial charge on any atom is -0.481 e. The lowest BCUT2D eigenvalue weighted by Crippen LogP contribution is -2.29. The van der Waals surface area contributed by atoms with E-state index in [-0.39, 0.29) is 5.92 Å². The molecule has 2 unspecified atom stereocenters. The first-order valence-electron chi connectivity index (χ1n) is 5.45. The fourth-order valence-corrected chi connectivity index (χ4v) is 3.35. The van der Waals surface area contributed by atoms with Crippen molar-refractivity contribution in [3.05, 3.63) is 0 Å². The molecule has 0 amide bonds. The molecule has 1 rings (SSSR count). The van der Waals surface area contributed by atoms with Gasteiger partial charge in [0.15, 0.2) is 0 Å². The molecule has 0 aliphatic heterocycles. The third-order valence-electron chi connectivity index (χ3n) is 2.66. The van der Waals surface area contributed by atoms with Crippen LogP contribution in [0.4, 0.5) is 0 Å². The van der Waals surface area contributed by atoms with Crippen molar-refractivity contribution in [2.75, 3.05) is 5.75 Å². The van der Waals surface area contributed by atoms with Crippen LogP contribution in [0.25, 0.3) is 0 Å². The molecule has 0 spiro atoms. The van der Waals surface area contributed by atoms with Gasteiger partial charge >= 0.3 is 5.97 Å². The van der Waals surface area contributed by atoms with Gasteiger partial charge in [0, 0.05) is 5.25 Å². The molecule has 1 aliphatic rings. The van der Waals surface area contributed by atoms with E-state index in [9.17, 15) is 4.79 Å². The topological polar surface area (TPSA) is 37.3 Å². The summed E-state index contributed by atoms with van der Waals surface area (Å²) in [7, 11) is 0. The van der Waals surface area contributed by atoms with E-state index >= 15 is 0 Å². The summed E-state index contributed by atoms with van der Waals surface area (Å²) in [6.07, 6.45) is 4.27. The van der Waals surface area contributed by atoms with Gasteiger partial charge < -0.3 is 5.11 Å². The Bertz CT molecular complexity index is 192. The van der Waals surface area contributed by atoms with Crippen molar-refractivity contribution in [2.45, 2.75) is 44.8 Å². The number of hydrogen-bond acceptors (Lipinski definition) is 2. The van der Waals surface area contributed by atoms with Crippen LogP contribution in [0, 0.1) is 11.8 Å². The lowest BCUT2D eigenvalue weighted by atomic mass is 9.89. The molecule has 2 nitrogen and oxygen atoms in total. The molecule has 0 radical (unpaired) electrons. The molecule has 0 bridgehead atoms. The lowest BCUT2D eigenvalue weighted by molar-refractivity contribution is -0.142.